The Balaban J connectivity index is 1.34. The van der Waals surface area contributed by atoms with E-state index in [4.69, 9.17) is 4.74 Å². The summed E-state index contributed by atoms with van der Waals surface area (Å²) in [5.74, 6) is 2.03. The van der Waals surface area contributed by atoms with Crippen molar-refractivity contribution in [3.8, 4) is 0 Å². The fourth-order valence-corrected chi connectivity index (χ4v) is 3.05. The molecule has 2 aliphatic carbocycles. The van der Waals surface area contributed by atoms with Crippen LogP contribution in [0.15, 0.2) is 30.9 Å². The lowest BCUT2D eigenvalue weighted by Crippen LogP contribution is -2.11. The van der Waals surface area contributed by atoms with Gasteiger partial charge in [-0.2, -0.15) is 0 Å². The monoisotopic (exact) mass is 323 g/mol. The van der Waals surface area contributed by atoms with Crippen molar-refractivity contribution in [2.75, 3.05) is 0 Å². The van der Waals surface area contributed by atoms with Crippen LogP contribution in [0.5, 0.6) is 0 Å². The van der Waals surface area contributed by atoms with Crippen molar-refractivity contribution in [2.45, 2.75) is 44.2 Å². The normalized spacial score (nSPS) is 17.3. The largest absolute Gasteiger partial charge is 0.454 e. The van der Waals surface area contributed by atoms with Gasteiger partial charge in [0.25, 0.3) is 0 Å². The second-order valence-corrected chi connectivity index (χ2v) is 6.57. The van der Waals surface area contributed by atoms with Gasteiger partial charge in [-0.25, -0.2) is 9.78 Å². The lowest BCUT2D eigenvalue weighted by molar-refractivity contribution is 0.0457. The molecular weight excluding hydrogens is 306 g/mol. The number of nitrogens with zero attached hydrogens (tertiary/aromatic N) is 5. The molecule has 0 bridgehead atoms. The Morgan fingerprint density at radius 3 is 2.92 bits per heavy atom. The van der Waals surface area contributed by atoms with Gasteiger partial charge in [0, 0.05) is 18.2 Å². The first kappa shape index (κ1) is 13.7. The van der Waals surface area contributed by atoms with Crippen molar-refractivity contribution in [1.29, 1.82) is 0 Å². The van der Waals surface area contributed by atoms with E-state index in [2.05, 4.69) is 19.7 Å². The minimum Gasteiger partial charge on any atom is -0.454 e. The molecule has 0 aliphatic heterocycles. The Morgan fingerprint density at radius 2 is 2.12 bits per heavy atom. The highest BCUT2D eigenvalue weighted by Gasteiger charge is 2.36. The third-order valence-corrected chi connectivity index (χ3v) is 4.63. The molecule has 7 heteroatoms. The SMILES string of the molecule is O=C(OCc1nnc(C2CC2)n1C1CC1)c1ccn2cncc2c1. The maximum atomic E-state index is 12.3. The summed E-state index contributed by atoms with van der Waals surface area (Å²) in [5.41, 5.74) is 1.38. The average molecular weight is 323 g/mol. The van der Waals surface area contributed by atoms with Gasteiger partial charge in [-0.15, -0.1) is 10.2 Å². The first-order chi connectivity index (χ1) is 11.8. The van der Waals surface area contributed by atoms with E-state index < -0.39 is 0 Å². The molecule has 2 saturated carbocycles. The van der Waals surface area contributed by atoms with Gasteiger partial charge in [-0.05, 0) is 37.8 Å². The number of rotatable bonds is 5. The van der Waals surface area contributed by atoms with Gasteiger partial charge in [-0.1, -0.05) is 0 Å². The van der Waals surface area contributed by atoms with Gasteiger partial charge in [0.1, 0.15) is 5.82 Å². The number of hydrogen-bond acceptors (Lipinski definition) is 5. The molecule has 0 radical (unpaired) electrons. The zero-order valence-corrected chi connectivity index (χ0v) is 13.1. The molecule has 0 amide bonds. The van der Waals surface area contributed by atoms with E-state index in [9.17, 15) is 4.79 Å². The molecule has 3 heterocycles. The van der Waals surface area contributed by atoms with Crippen molar-refractivity contribution in [1.82, 2.24) is 24.1 Å². The van der Waals surface area contributed by atoms with E-state index in [0.29, 0.717) is 17.5 Å². The van der Waals surface area contributed by atoms with Crippen molar-refractivity contribution >= 4 is 11.5 Å². The maximum Gasteiger partial charge on any atom is 0.338 e. The predicted octanol–water partition coefficient (Wildman–Crippen LogP) is 2.50. The summed E-state index contributed by atoms with van der Waals surface area (Å²) in [5, 5.41) is 8.60. The third-order valence-electron chi connectivity index (χ3n) is 4.63. The second-order valence-electron chi connectivity index (χ2n) is 6.57. The minimum absolute atomic E-state index is 0.166. The third kappa shape index (κ3) is 2.36. The number of carbonyl (C=O) groups excluding carboxylic acids is 1. The molecule has 122 valence electrons. The smallest absolute Gasteiger partial charge is 0.338 e. The molecule has 0 atom stereocenters. The Labute approximate surface area is 138 Å². The van der Waals surface area contributed by atoms with Crippen LogP contribution in [0.1, 0.15) is 59.6 Å². The molecule has 0 saturated heterocycles. The van der Waals surface area contributed by atoms with E-state index >= 15 is 0 Å². The van der Waals surface area contributed by atoms with Crippen molar-refractivity contribution in [3.63, 3.8) is 0 Å². The molecule has 0 unspecified atom stereocenters. The number of hydrogen-bond donors (Lipinski definition) is 0. The van der Waals surface area contributed by atoms with Crippen LogP contribution in [0, 0.1) is 0 Å². The van der Waals surface area contributed by atoms with Crippen LogP contribution in [0.3, 0.4) is 0 Å². The molecular formula is C17H17N5O2. The van der Waals surface area contributed by atoms with E-state index in [1.165, 1.54) is 12.8 Å². The lowest BCUT2D eigenvalue weighted by atomic mass is 10.2. The molecule has 5 rings (SSSR count). The van der Waals surface area contributed by atoms with E-state index in [-0.39, 0.29) is 12.6 Å². The number of pyridine rings is 1. The molecule has 7 nitrogen and oxygen atoms in total. The van der Waals surface area contributed by atoms with E-state index in [0.717, 1.165) is 30.0 Å². The number of carbonyl (C=O) groups is 1. The molecule has 0 spiro atoms. The van der Waals surface area contributed by atoms with Crippen LogP contribution in [0.2, 0.25) is 0 Å². The van der Waals surface area contributed by atoms with Crippen molar-refractivity contribution < 1.29 is 9.53 Å². The molecule has 3 aromatic rings. The summed E-state index contributed by atoms with van der Waals surface area (Å²) in [6.45, 7) is 0.166. The Bertz CT molecular complexity index is 920. The summed E-state index contributed by atoms with van der Waals surface area (Å²) >= 11 is 0. The fourth-order valence-electron chi connectivity index (χ4n) is 3.05. The number of ether oxygens (including phenoxy) is 1. The number of aromatic nitrogens is 5. The van der Waals surface area contributed by atoms with Crippen LogP contribution >= 0.6 is 0 Å². The van der Waals surface area contributed by atoms with Crippen LogP contribution in [0.25, 0.3) is 5.52 Å². The summed E-state index contributed by atoms with van der Waals surface area (Å²) in [4.78, 5) is 16.4. The number of esters is 1. The minimum atomic E-state index is -0.350. The van der Waals surface area contributed by atoms with Crippen LogP contribution in [-0.2, 0) is 11.3 Å². The van der Waals surface area contributed by atoms with E-state index in [1.54, 1.807) is 30.9 Å². The lowest BCUT2D eigenvalue weighted by Gasteiger charge is -2.09. The maximum absolute atomic E-state index is 12.3. The van der Waals surface area contributed by atoms with Gasteiger partial charge in [0.15, 0.2) is 12.4 Å². The Morgan fingerprint density at radius 1 is 1.25 bits per heavy atom. The first-order valence-electron chi connectivity index (χ1n) is 8.32. The Hall–Kier alpha value is -2.70. The van der Waals surface area contributed by atoms with Gasteiger partial charge < -0.3 is 13.7 Å². The standard InChI is InChI=1S/C17H17N5O2/c23-17(12-5-6-21-10-18-8-14(21)7-12)24-9-15-19-20-16(11-1-2-11)22(15)13-3-4-13/h5-8,10-11,13H,1-4,9H2. The van der Waals surface area contributed by atoms with Crippen molar-refractivity contribution in [2.24, 2.45) is 0 Å². The molecule has 0 N–H and O–H groups in total. The van der Waals surface area contributed by atoms with Crippen LogP contribution in [-0.4, -0.2) is 30.1 Å². The van der Waals surface area contributed by atoms with Crippen LogP contribution in [0.4, 0.5) is 0 Å². The quantitative estimate of drug-likeness (QED) is 0.674. The fraction of sp³-hybridized carbons (Fsp3) is 0.412. The van der Waals surface area contributed by atoms with Gasteiger partial charge in [0.05, 0.1) is 23.6 Å². The average Bonchev–Trinajstić information content (AvgIpc) is 3.53. The molecule has 0 aromatic carbocycles. The number of fused-ring (bicyclic) bond motifs is 1. The predicted molar refractivity (Wildman–Crippen MR) is 84.6 cm³/mol. The highest BCUT2D eigenvalue weighted by molar-refractivity contribution is 5.90. The van der Waals surface area contributed by atoms with Crippen molar-refractivity contribution in [3.05, 3.63) is 48.1 Å². The Kier molecular flexibility index (Phi) is 2.95. The highest BCUT2D eigenvalue weighted by atomic mass is 16.5. The van der Waals surface area contributed by atoms with Gasteiger partial charge in [0.2, 0.25) is 0 Å². The summed E-state index contributed by atoms with van der Waals surface area (Å²) in [6.07, 6.45) is 9.92. The molecule has 2 fully saturated rings. The second kappa shape index (κ2) is 5.15. The van der Waals surface area contributed by atoms with E-state index in [1.807, 2.05) is 4.40 Å². The zero-order chi connectivity index (χ0) is 16.1. The van der Waals surface area contributed by atoms with Gasteiger partial charge >= 0.3 is 5.97 Å². The summed E-state index contributed by atoms with van der Waals surface area (Å²) in [6, 6.07) is 4.00. The zero-order valence-electron chi connectivity index (χ0n) is 13.1. The van der Waals surface area contributed by atoms with Crippen LogP contribution < -0.4 is 0 Å². The molecule has 2 aliphatic rings. The van der Waals surface area contributed by atoms with Gasteiger partial charge in [-0.3, -0.25) is 0 Å². The molecule has 24 heavy (non-hydrogen) atoms. The first-order valence-corrected chi connectivity index (χ1v) is 8.32. The summed E-state index contributed by atoms with van der Waals surface area (Å²) < 4.78 is 9.53. The summed E-state index contributed by atoms with van der Waals surface area (Å²) in [7, 11) is 0. The topological polar surface area (TPSA) is 74.3 Å². The number of imidazole rings is 1. The molecule has 3 aromatic heterocycles. The highest BCUT2D eigenvalue weighted by Crippen LogP contribution is 2.44.